The number of rotatable bonds is 5. The fourth-order valence-corrected chi connectivity index (χ4v) is 3.52. The number of nitrogens with one attached hydrogen (secondary N) is 1. The maximum atomic E-state index is 12.3. The van der Waals surface area contributed by atoms with Crippen molar-refractivity contribution in [1.82, 2.24) is 5.32 Å². The minimum absolute atomic E-state index is 0.0494. The second kappa shape index (κ2) is 6.72. The molecule has 0 bridgehead atoms. The summed E-state index contributed by atoms with van der Waals surface area (Å²) in [5.41, 5.74) is 0.544. The molecule has 1 aliphatic rings. The SMILES string of the molecule is CCC1(CNC(=O)c2cc([N+](=O)[O-])ccc2I)CCCC1. The Morgan fingerprint density at radius 3 is 2.67 bits per heavy atom. The normalized spacial score (nSPS) is 16.7. The zero-order chi connectivity index (χ0) is 15.5. The highest BCUT2D eigenvalue weighted by Gasteiger charge is 2.32. The summed E-state index contributed by atoms with van der Waals surface area (Å²) in [7, 11) is 0. The van der Waals surface area contributed by atoms with Gasteiger partial charge in [0.1, 0.15) is 0 Å². The monoisotopic (exact) mass is 402 g/mol. The van der Waals surface area contributed by atoms with Crippen LogP contribution < -0.4 is 5.32 Å². The molecule has 0 spiro atoms. The van der Waals surface area contributed by atoms with E-state index in [0.29, 0.717) is 12.1 Å². The molecule has 0 unspecified atom stereocenters. The summed E-state index contributed by atoms with van der Waals surface area (Å²) in [6, 6.07) is 4.38. The number of nitro benzene ring substituents is 1. The van der Waals surface area contributed by atoms with Crippen molar-refractivity contribution in [1.29, 1.82) is 0 Å². The molecule has 114 valence electrons. The molecular formula is C15H19IN2O3. The molecule has 1 fully saturated rings. The maximum Gasteiger partial charge on any atom is 0.270 e. The van der Waals surface area contributed by atoms with Gasteiger partial charge < -0.3 is 5.32 Å². The summed E-state index contributed by atoms with van der Waals surface area (Å²) in [5, 5.41) is 13.8. The molecule has 6 heteroatoms. The Labute approximate surface area is 137 Å². The van der Waals surface area contributed by atoms with Gasteiger partial charge in [0.2, 0.25) is 0 Å². The van der Waals surface area contributed by atoms with Crippen LogP contribution in [0.15, 0.2) is 18.2 Å². The van der Waals surface area contributed by atoms with E-state index in [1.807, 2.05) is 22.6 Å². The zero-order valence-corrected chi connectivity index (χ0v) is 14.2. The lowest BCUT2D eigenvalue weighted by atomic mass is 9.83. The Balaban J connectivity index is 2.09. The lowest BCUT2D eigenvalue weighted by molar-refractivity contribution is -0.384. The van der Waals surface area contributed by atoms with Crippen molar-refractivity contribution in [3.05, 3.63) is 37.4 Å². The number of hydrogen-bond donors (Lipinski definition) is 1. The van der Waals surface area contributed by atoms with E-state index in [-0.39, 0.29) is 17.0 Å². The summed E-state index contributed by atoms with van der Waals surface area (Å²) in [6.07, 6.45) is 5.79. The average molecular weight is 402 g/mol. The highest BCUT2D eigenvalue weighted by atomic mass is 127. The summed E-state index contributed by atoms with van der Waals surface area (Å²) >= 11 is 2.03. The number of amides is 1. The number of benzene rings is 1. The Hall–Kier alpha value is -1.18. The molecular weight excluding hydrogens is 383 g/mol. The molecule has 0 heterocycles. The molecule has 1 aliphatic carbocycles. The van der Waals surface area contributed by atoms with Gasteiger partial charge in [-0.05, 0) is 53.3 Å². The van der Waals surface area contributed by atoms with Crippen molar-refractivity contribution in [2.24, 2.45) is 5.41 Å². The number of halogens is 1. The molecule has 1 amide bonds. The summed E-state index contributed by atoms with van der Waals surface area (Å²) in [4.78, 5) is 22.7. The van der Waals surface area contributed by atoms with Gasteiger partial charge in [-0.15, -0.1) is 0 Å². The first-order valence-electron chi connectivity index (χ1n) is 7.19. The molecule has 0 radical (unpaired) electrons. The summed E-state index contributed by atoms with van der Waals surface area (Å²) in [5.74, 6) is -0.220. The maximum absolute atomic E-state index is 12.3. The van der Waals surface area contributed by atoms with Crippen LogP contribution in [0.1, 0.15) is 49.4 Å². The van der Waals surface area contributed by atoms with Crippen LogP contribution in [-0.2, 0) is 0 Å². The number of carbonyl (C=O) groups is 1. The van der Waals surface area contributed by atoms with Gasteiger partial charge in [0, 0.05) is 22.2 Å². The lowest BCUT2D eigenvalue weighted by Gasteiger charge is -2.27. The number of hydrogen-bond acceptors (Lipinski definition) is 3. The van der Waals surface area contributed by atoms with Gasteiger partial charge in [-0.25, -0.2) is 0 Å². The number of nitro groups is 1. The van der Waals surface area contributed by atoms with E-state index >= 15 is 0 Å². The fraction of sp³-hybridized carbons (Fsp3) is 0.533. The van der Waals surface area contributed by atoms with Crippen molar-refractivity contribution < 1.29 is 9.72 Å². The van der Waals surface area contributed by atoms with Crippen LogP contribution in [0.4, 0.5) is 5.69 Å². The Morgan fingerprint density at radius 2 is 2.10 bits per heavy atom. The van der Waals surface area contributed by atoms with Gasteiger partial charge in [-0.3, -0.25) is 14.9 Å². The largest absolute Gasteiger partial charge is 0.351 e. The summed E-state index contributed by atoms with van der Waals surface area (Å²) in [6.45, 7) is 2.82. The van der Waals surface area contributed by atoms with Crippen molar-refractivity contribution in [2.75, 3.05) is 6.54 Å². The van der Waals surface area contributed by atoms with Crippen LogP contribution >= 0.6 is 22.6 Å². The number of nitrogens with zero attached hydrogens (tertiary/aromatic N) is 1. The van der Waals surface area contributed by atoms with E-state index in [1.165, 1.54) is 25.0 Å². The second-order valence-electron chi connectivity index (χ2n) is 5.66. The van der Waals surface area contributed by atoms with Crippen LogP contribution in [-0.4, -0.2) is 17.4 Å². The molecule has 0 saturated heterocycles. The van der Waals surface area contributed by atoms with E-state index in [9.17, 15) is 14.9 Å². The van der Waals surface area contributed by atoms with Gasteiger partial charge in [0.15, 0.2) is 0 Å². The predicted octanol–water partition coefficient (Wildman–Crippen LogP) is 3.90. The average Bonchev–Trinajstić information content (AvgIpc) is 2.94. The molecule has 1 N–H and O–H groups in total. The highest BCUT2D eigenvalue weighted by Crippen LogP contribution is 2.40. The first-order chi connectivity index (χ1) is 9.97. The van der Waals surface area contributed by atoms with Crippen molar-refractivity contribution in [3.63, 3.8) is 0 Å². The van der Waals surface area contributed by atoms with Crippen LogP contribution in [0, 0.1) is 19.1 Å². The molecule has 1 saturated carbocycles. The van der Waals surface area contributed by atoms with Gasteiger partial charge in [-0.1, -0.05) is 19.8 Å². The van der Waals surface area contributed by atoms with Gasteiger partial charge in [-0.2, -0.15) is 0 Å². The lowest BCUT2D eigenvalue weighted by Crippen LogP contribution is -2.35. The Morgan fingerprint density at radius 1 is 1.43 bits per heavy atom. The van der Waals surface area contributed by atoms with Crippen LogP contribution in [0.2, 0.25) is 0 Å². The third kappa shape index (κ3) is 3.72. The van der Waals surface area contributed by atoms with Crippen LogP contribution in [0.5, 0.6) is 0 Å². The van der Waals surface area contributed by atoms with Crippen molar-refractivity contribution >= 4 is 34.2 Å². The van der Waals surface area contributed by atoms with E-state index in [0.717, 1.165) is 22.8 Å². The standard InChI is InChI=1S/C15H19IN2O3/c1-2-15(7-3-4-8-15)10-17-14(19)12-9-11(18(20)21)5-6-13(12)16/h5-6,9H,2-4,7-8,10H2,1H3,(H,17,19). The molecule has 5 nitrogen and oxygen atoms in total. The third-order valence-corrected chi connectivity index (χ3v) is 5.38. The zero-order valence-electron chi connectivity index (χ0n) is 12.0. The van der Waals surface area contributed by atoms with Gasteiger partial charge in [0.05, 0.1) is 10.5 Å². The van der Waals surface area contributed by atoms with Crippen molar-refractivity contribution in [2.45, 2.75) is 39.0 Å². The first kappa shape index (κ1) is 16.2. The molecule has 1 aromatic rings. The van der Waals surface area contributed by atoms with E-state index in [2.05, 4.69) is 12.2 Å². The summed E-state index contributed by atoms with van der Waals surface area (Å²) < 4.78 is 0.729. The number of carbonyl (C=O) groups excluding carboxylic acids is 1. The third-order valence-electron chi connectivity index (χ3n) is 4.44. The Kier molecular flexibility index (Phi) is 5.18. The smallest absolute Gasteiger partial charge is 0.270 e. The molecule has 0 aliphatic heterocycles. The van der Waals surface area contributed by atoms with E-state index < -0.39 is 4.92 Å². The van der Waals surface area contributed by atoms with Crippen LogP contribution in [0.25, 0.3) is 0 Å². The molecule has 0 atom stereocenters. The molecule has 0 aromatic heterocycles. The minimum atomic E-state index is -0.475. The minimum Gasteiger partial charge on any atom is -0.351 e. The van der Waals surface area contributed by atoms with E-state index in [4.69, 9.17) is 0 Å². The van der Waals surface area contributed by atoms with Gasteiger partial charge in [0.25, 0.3) is 11.6 Å². The Bertz CT molecular complexity index is 554. The van der Waals surface area contributed by atoms with Crippen molar-refractivity contribution in [3.8, 4) is 0 Å². The topological polar surface area (TPSA) is 72.2 Å². The van der Waals surface area contributed by atoms with E-state index in [1.54, 1.807) is 6.07 Å². The predicted molar refractivity (Wildman–Crippen MR) is 89.3 cm³/mol. The second-order valence-corrected chi connectivity index (χ2v) is 6.83. The van der Waals surface area contributed by atoms with Crippen LogP contribution in [0.3, 0.4) is 0 Å². The molecule has 21 heavy (non-hydrogen) atoms. The molecule has 1 aromatic carbocycles. The number of non-ortho nitro benzene ring substituents is 1. The van der Waals surface area contributed by atoms with Gasteiger partial charge >= 0.3 is 0 Å². The molecule has 2 rings (SSSR count). The fourth-order valence-electron chi connectivity index (χ4n) is 2.94. The quantitative estimate of drug-likeness (QED) is 0.461. The highest BCUT2D eigenvalue weighted by molar-refractivity contribution is 14.1. The first-order valence-corrected chi connectivity index (χ1v) is 8.27.